The van der Waals surface area contributed by atoms with Crippen LogP contribution in [0.2, 0.25) is 0 Å². The summed E-state index contributed by atoms with van der Waals surface area (Å²) in [5.74, 6) is 1.03. The lowest BCUT2D eigenvalue weighted by Crippen LogP contribution is -2.33. The van der Waals surface area contributed by atoms with E-state index in [1.165, 1.54) is 7.11 Å². The zero-order valence-corrected chi connectivity index (χ0v) is 12.2. The lowest BCUT2D eigenvalue weighted by Gasteiger charge is -2.26. The summed E-state index contributed by atoms with van der Waals surface area (Å²) in [5, 5.41) is 0. The number of esters is 1. The van der Waals surface area contributed by atoms with Gasteiger partial charge >= 0.3 is 5.97 Å². The normalized spacial score (nSPS) is 24.2. The second-order valence-corrected chi connectivity index (χ2v) is 6.35. The Morgan fingerprint density at radius 2 is 1.67 bits per heavy atom. The molecule has 0 aromatic heterocycles. The van der Waals surface area contributed by atoms with Crippen molar-refractivity contribution in [3.05, 3.63) is 0 Å². The van der Waals surface area contributed by atoms with Crippen molar-refractivity contribution in [1.82, 2.24) is 4.90 Å². The molecule has 1 heterocycles. The molecule has 0 spiro atoms. The molecule has 0 aromatic carbocycles. The van der Waals surface area contributed by atoms with E-state index in [4.69, 9.17) is 0 Å². The molecule has 1 rings (SSSR count). The van der Waals surface area contributed by atoms with Gasteiger partial charge in [0.25, 0.3) is 0 Å². The van der Waals surface area contributed by atoms with Crippen molar-refractivity contribution >= 4 is 11.9 Å². The molecule has 0 aromatic rings. The summed E-state index contributed by atoms with van der Waals surface area (Å²) in [4.78, 5) is 25.4. The van der Waals surface area contributed by atoms with Crippen LogP contribution in [0.4, 0.5) is 0 Å². The van der Waals surface area contributed by atoms with Gasteiger partial charge in [0.15, 0.2) is 0 Å². The zero-order chi connectivity index (χ0) is 13.9. The Balaban J connectivity index is 2.51. The maximum Gasteiger partial charge on any atom is 0.306 e. The molecule has 1 aliphatic heterocycles. The molecule has 0 saturated carbocycles. The number of amides is 1. The van der Waals surface area contributed by atoms with Crippen LogP contribution >= 0.6 is 0 Å². The summed E-state index contributed by atoms with van der Waals surface area (Å²) in [6.07, 6.45) is 0.690. The number of likely N-dealkylation sites (tertiary alicyclic amines) is 1. The molecule has 4 heteroatoms. The van der Waals surface area contributed by atoms with Gasteiger partial charge in [0.1, 0.15) is 0 Å². The number of rotatable bonds is 4. The van der Waals surface area contributed by atoms with Gasteiger partial charge in [-0.3, -0.25) is 9.59 Å². The van der Waals surface area contributed by atoms with Crippen molar-refractivity contribution in [3.8, 4) is 0 Å². The third-order valence-electron chi connectivity index (χ3n) is 3.82. The quantitative estimate of drug-likeness (QED) is 0.723. The van der Waals surface area contributed by atoms with Gasteiger partial charge in [-0.1, -0.05) is 27.7 Å². The Morgan fingerprint density at radius 1 is 1.17 bits per heavy atom. The monoisotopic (exact) mass is 255 g/mol. The second kappa shape index (κ2) is 5.72. The van der Waals surface area contributed by atoms with Crippen molar-refractivity contribution in [2.75, 3.05) is 20.2 Å². The fourth-order valence-corrected chi connectivity index (χ4v) is 2.38. The van der Waals surface area contributed by atoms with E-state index in [1.807, 2.05) is 18.7 Å². The Labute approximate surface area is 110 Å². The van der Waals surface area contributed by atoms with Crippen molar-refractivity contribution in [1.29, 1.82) is 0 Å². The van der Waals surface area contributed by atoms with E-state index in [-0.39, 0.29) is 23.7 Å². The fraction of sp³-hybridized carbons (Fsp3) is 0.857. The number of nitrogens with zero attached hydrogens (tertiary/aromatic N) is 1. The van der Waals surface area contributed by atoms with Crippen LogP contribution in [0.3, 0.4) is 0 Å². The van der Waals surface area contributed by atoms with E-state index in [0.717, 1.165) is 13.1 Å². The Morgan fingerprint density at radius 3 is 2.11 bits per heavy atom. The first-order valence-electron chi connectivity index (χ1n) is 6.60. The number of methoxy groups -OCH3 is 1. The summed E-state index contributed by atoms with van der Waals surface area (Å²) < 4.78 is 4.66. The summed E-state index contributed by atoms with van der Waals surface area (Å²) in [6, 6.07) is 0. The first-order valence-corrected chi connectivity index (χ1v) is 6.60. The first kappa shape index (κ1) is 15.0. The summed E-state index contributed by atoms with van der Waals surface area (Å²) in [6.45, 7) is 9.91. The third-order valence-corrected chi connectivity index (χ3v) is 3.82. The van der Waals surface area contributed by atoms with E-state index in [0.29, 0.717) is 18.3 Å². The van der Waals surface area contributed by atoms with Gasteiger partial charge < -0.3 is 9.64 Å². The van der Waals surface area contributed by atoms with E-state index in [2.05, 4.69) is 18.6 Å². The fourth-order valence-electron chi connectivity index (χ4n) is 2.38. The van der Waals surface area contributed by atoms with E-state index in [9.17, 15) is 9.59 Å². The molecule has 1 saturated heterocycles. The summed E-state index contributed by atoms with van der Waals surface area (Å²) in [7, 11) is 1.38. The molecule has 4 nitrogen and oxygen atoms in total. The van der Waals surface area contributed by atoms with Gasteiger partial charge in [-0.25, -0.2) is 0 Å². The van der Waals surface area contributed by atoms with Crippen LogP contribution < -0.4 is 0 Å². The average Bonchev–Trinajstić information content (AvgIpc) is 2.58. The molecule has 0 bridgehead atoms. The smallest absolute Gasteiger partial charge is 0.306 e. The number of hydrogen-bond acceptors (Lipinski definition) is 3. The minimum Gasteiger partial charge on any atom is -0.469 e. The van der Waals surface area contributed by atoms with Crippen LogP contribution in [-0.2, 0) is 14.3 Å². The lowest BCUT2D eigenvalue weighted by atomic mass is 9.85. The third kappa shape index (κ3) is 4.00. The van der Waals surface area contributed by atoms with Crippen molar-refractivity contribution in [3.63, 3.8) is 0 Å². The van der Waals surface area contributed by atoms with Crippen molar-refractivity contribution in [2.45, 2.75) is 40.5 Å². The molecule has 0 aliphatic carbocycles. The topological polar surface area (TPSA) is 46.6 Å². The van der Waals surface area contributed by atoms with E-state index < -0.39 is 0 Å². The van der Waals surface area contributed by atoms with Gasteiger partial charge in [-0.15, -0.1) is 0 Å². The summed E-state index contributed by atoms with van der Waals surface area (Å²) >= 11 is 0. The maximum atomic E-state index is 12.2. The highest BCUT2D eigenvalue weighted by atomic mass is 16.5. The molecule has 2 unspecified atom stereocenters. The van der Waals surface area contributed by atoms with Crippen LogP contribution in [0.25, 0.3) is 0 Å². The standard InChI is InChI=1S/C14H25NO3/c1-10-8-15(9-11(10)2)12(16)6-14(3,4)7-13(17)18-5/h10-11H,6-9H2,1-5H3. The molecular formula is C14H25NO3. The number of carbonyl (C=O) groups excluding carboxylic acids is 2. The number of carbonyl (C=O) groups is 2. The minimum absolute atomic E-state index is 0.153. The molecule has 1 fully saturated rings. The predicted molar refractivity (Wildman–Crippen MR) is 69.9 cm³/mol. The van der Waals surface area contributed by atoms with Gasteiger partial charge in [0.05, 0.1) is 13.5 Å². The lowest BCUT2D eigenvalue weighted by molar-refractivity contribution is -0.143. The van der Waals surface area contributed by atoms with Crippen LogP contribution in [0.15, 0.2) is 0 Å². The Hall–Kier alpha value is -1.06. The molecule has 2 atom stereocenters. The molecule has 104 valence electrons. The van der Waals surface area contributed by atoms with Crippen LogP contribution in [-0.4, -0.2) is 37.0 Å². The van der Waals surface area contributed by atoms with E-state index >= 15 is 0 Å². The Kier molecular flexibility index (Phi) is 4.77. The summed E-state index contributed by atoms with van der Waals surface area (Å²) in [5.41, 5.74) is -0.334. The SMILES string of the molecule is COC(=O)CC(C)(C)CC(=O)N1CC(C)C(C)C1. The predicted octanol–water partition coefficient (Wildman–Crippen LogP) is 2.08. The molecule has 0 radical (unpaired) electrons. The second-order valence-electron chi connectivity index (χ2n) is 6.35. The Bertz CT molecular complexity index is 315. The number of ether oxygens (including phenoxy) is 1. The van der Waals surface area contributed by atoms with Crippen LogP contribution in [0, 0.1) is 17.3 Å². The molecule has 1 aliphatic rings. The van der Waals surface area contributed by atoms with Crippen molar-refractivity contribution in [2.24, 2.45) is 17.3 Å². The largest absolute Gasteiger partial charge is 0.469 e. The van der Waals surface area contributed by atoms with E-state index in [1.54, 1.807) is 0 Å². The highest BCUT2D eigenvalue weighted by molar-refractivity contribution is 5.78. The van der Waals surface area contributed by atoms with Crippen LogP contribution in [0.1, 0.15) is 40.5 Å². The minimum atomic E-state index is -0.334. The molecular weight excluding hydrogens is 230 g/mol. The van der Waals surface area contributed by atoms with Gasteiger partial charge in [0.2, 0.25) is 5.91 Å². The highest BCUT2D eigenvalue weighted by Gasteiger charge is 2.33. The van der Waals surface area contributed by atoms with Gasteiger partial charge in [0, 0.05) is 19.5 Å². The van der Waals surface area contributed by atoms with Crippen molar-refractivity contribution < 1.29 is 14.3 Å². The van der Waals surface area contributed by atoms with Crippen LogP contribution in [0.5, 0.6) is 0 Å². The zero-order valence-electron chi connectivity index (χ0n) is 12.2. The van der Waals surface area contributed by atoms with Gasteiger partial charge in [-0.05, 0) is 17.3 Å². The van der Waals surface area contributed by atoms with Gasteiger partial charge in [-0.2, -0.15) is 0 Å². The molecule has 1 amide bonds. The average molecular weight is 255 g/mol. The molecule has 18 heavy (non-hydrogen) atoms. The number of hydrogen-bond donors (Lipinski definition) is 0. The first-order chi connectivity index (χ1) is 8.25. The highest BCUT2D eigenvalue weighted by Crippen LogP contribution is 2.29. The maximum absolute atomic E-state index is 12.2. The molecule has 0 N–H and O–H groups in total.